The Labute approximate surface area is 127 Å². The first kappa shape index (κ1) is 15.2. The van der Waals surface area contributed by atoms with Crippen molar-refractivity contribution in [2.45, 2.75) is 33.6 Å². The Hall–Kier alpha value is -2.15. The molecule has 0 atom stereocenters. The maximum absolute atomic E-state index is 11.3. The fourth-order valence-corrected chi connectivity index (χ4v) is 2.65. The average molecular weight is 278 g/mol. The lowest BCUT2D eigenvalue weighted by Crippen LogP contribution is -1.95. The van der Waals surface area contributed by atoms with Crippen LogP contribution in [0.15, 0.2) is 48.5 Å². The van der Waals surface area contributed by atoms with Crippen LogP contribution in [0.25, 0.3) is 17.2 Å². The smallest absolute Gasteiger partial charge is 0.152 e. The standard InChI is InChI=1S/C20H22O/c1-4-16-9-6-7-11-18(16)20-12-8-10-17(5-2)19(20)14-13-15(3)21/h6-14H,4-5H2,1-3H3/b14-13+. The summed E-state index contributed by atoms with van der Waals surface area (Å²) >= 11 is 0. The molecule has 0 aliphatic heterocycles. The predicted octanol–water partition coefficient (Wildman–Crippen LogP) is 5.08. The van der Waals surface area contributed by atoms with Gasteiger partial charge in [-0.05, 0) is 53.7 Å². The fraction of sp³-hybridized carbons (Fsp3) is 0.250. The minimum absolute atomic E-state index is 0.0793. The third-order valence-corrected chi connectivity index (χ3v) is 3.75. The summed E-state index contributed by atoms with van der Waals surface area (Å²) in [6.07, 6.45) is 5.58. The second-order valence-electron chi connectivity index (χ2n) is 5.19. The lowest BCUT2D eigenvalue weighted by atomic mass is 9.90. The van der Waals surface area contributed by atoms with Crippen molar-refractivity contribution in [2.75, 3.05) is 0 Å². The molecule has 0 bridgehead atoms. The zero-order chi connectivity index (χ0) is 15.2. The molecule has 0 radical (unpaired) electrons. The average Bonchev–Trinajstić information content (AvgIpc) is 2.52. The normalized spacial score (nSPS) is 11.0. The van der Waals surface area contributed by atoms with Crippen LogP contribution in [-0.4, -0.2) is 5.78 Å². The number of carbonyl (C=O) groups excluding carboxylic acids is 1. The van der Waals surface area contributed by atoms with E-state index in [-0.39, 0.29) is 5.78 Å². The van der Waals surface area contributed by atoms with E-state index in [1.807, 2.05) is 6.08 Å². The molecule has 108 valence electrons. The molecule has 2 aromatic carbocycles. The molecule has 0 unspecified atom stereocenters. The van der Waals surface area contributed by atoms with Crippen LogP contribution in [0.3, 0.4) is 0 Å². The molecule has 0 saturated heterocycles. The van der Waals surface area contributed by atoms with Crippen molar-refractivity contribution < 1.29 is 4.79 Å². The van der Waals surface area contributed by atoms with Crippen LogP contribution in [0.1, 0.15) is 37.5 Å². The van der Waals surface area contributed by atoms with Crippen LogP contribution in [0.4, 0.5) is 0 Å². The molecule has 2 rings (SSSR count). The Bertz CT molecular complexity index is 665. The predicted molar refractivity (Wildman–Crippen MR) is 90.3 cm³/mol. The van der Waals surface area contributed by atoms with Gasteiger partial charge in [-0.25, -0.2) is 0 Å². The molecular weight excluding hydrogens is 256 g/mol. The van der Waals surface area contributed by atoms with Crippen LogP contribution in [-0.2, 0) is 17.6 Å². The Morgan fingerprint density at radius 2 is 1.52 bits per heavy atom. The van der Waals surface area contributed by atoms with Gasteiger partial charge in [0.15, 0.2) is 5.78 Å². The van der Waals surface area contributed by atoms with Gasteiger partial charge in [0.1, 0.15) is 0 Å². The first-order valence-electron chi connectivity index (χ1n) is 7.56. The molecule has 0 N–H and O–H groups in total. The van der Waals surface area contributed by atoms with E-state index in [4.69, 9.17) is 0 Å². The SMILES string of the molecule is CCc1ccccc1-c1cccc(CC)c1/C=C/C(C)=O. The quantitative estimate of drug-likeness (QED) is 0.697. The molecule has 1 nitrogen and oxygen atoms in total. The lowest BCUT2D eigenvalue weighted by molar-refractivity contribution is -0.112. The summed E-state index contributed by atoms with van der Waals surface area (Å²) in [4.78, 5) is 11.3. The number of aryl methyl sites for hydroxylation is 2. The third-order valence-electron chi connectivity index (χ3n) is 3.75. The molecule has 2 aromatic rings. The van der Waals surface area contributed by atoms with Gasteiger partial charge in [-0.15, -0.1) is 0 Å². The number of ketones is 1. The zero-order valence-electron chi connectivity index (χ0n) is 13.0. The summed E-state index contributed by atoms with van der Waals surface area (Å²) in [5.74, 6) is 0.0793. The second kappa shape index (κ2) is 7.03. The van der Waals surface area contributed by atoms with Crippen molar-refractivity contribution in [2.24, 2.45) is 0 Å². The van der Waals surface area contributed by atoms with Crippen molar-refractivity contribution in [1.82, 2.24) is 0 Å². The molecule has 0 aliphatic rings. The molecule has 21 heavy (non-hydrogen) atoms. The van der Waals surface area contributed by atoms with Crippen molar-refractivity contribution in [3.05, 3.63) is 65.2 Å². The highest BCUT2D eigenvalue weighted by atomic mass is 16.1. The number of hydrogen-bond acceptors (Lipinski definition) is 1. The van der Waals surface area contributed by atoms with Crippen molar-refractivity contribution in [3.8, 4) is 11.1 Å². The van der Waals surface area contributed by atoms with Crippen molar-refractivity contribution >= 4 is 11.9 Å². The van der Waals surface area contributed by atoms with Crippen LogP contribution in [0, 0.1) is 0 Å². The second-order valence-corrected chi connectivity index (χ2v) is 5.19. The largest absolute Gasteiger partial charge is 0.295 e. The monoisotopic (exact) mass is 278 g/mol. The number of benzene rings is 2. The van der Waals surface area contributed by atoms with Gasteiger partial charge in [0.2, 0.25) is 0 Å². The van der Waals surface area contributed by atoms with Crippen molar-refractivity contribution in [1.29, 1.82) is 0 Å². The maximum Gasteiger partial charge on any atom is 0.152 e. The summed E-state index contributed by atoms with van der Waals surface area (Å²) < 4.78 is 0. The molecule has 0 heterocycles. The van der Waals surface area contributed by atoms with E-state index in [1.54, 1.807) is 13.0 Å². The third kappa shape index (κ3) is 3.49. The molecule has 0 spiro atoms. The maximum atomic E-state index is 11.3. The number of carbonyl (C=O) groups is 1. The van der Waals surface area contributed by atoms with Gasteiger partial charge in [-0.2, -0.15) is 0 Å². The van der Waals surface area contributed by atoms with Gasteiger partial charge in [-0.1, -0.05) is 62.4 Å². The van der Waals surface area contributed by atoms with Crippen molar-refractivity contribution in [3.63, 3.8) is 0 Å². The van der Waals surface area contributed by atoms with Crippen LogP contribution >= 0.6 is 0 Å². The number of hydrogen-bond donors (Lipinski definition) is 0. The van der Waals surface area contributed by atoms with E-state index in [0.29, 0.717) is 0 Å². The molecule has 0 saturated carbocycles. The summed E-state index contributed by atoms with van der Waals surface area (Å²) in [7, 11) is 0. The number of allylic oxidation sites excluding steroid dienone is 1. The zero-order valence-corrected chi connectivity index (χ0v) is 13.0. The molecule has 0 aromatic heterocycles. The van der Waals surface area contributed by atoms with Gasteiger partial charge in [0, 0.05) is 0 Å². The fourth-order valence-electron chi connectivity index (χ4n) is 2.65. The molecular formula is C20H22O. The Morgan fingerprint density at radius 3 is 2.19 bits per heavy atom. The summed E-state index contributed by atoms with van der Waals surface area (Å²) in [5, 5.41) is 0. The molecule has 1 heteroatoms. The molecule has 0 fully saturated rings. The highest BCUT2D eigenvalue weighted by Gasteiger charge is 2.09. The topological polar surface area (TPSA) is 17.1 Å². The van der Waals surface area contributed by atoms with E-state index < -0.39 is 0 Å². The summed E-state index contributed by atoms with van der Waals surface area (Å²) in [6, 6.07) is 14.9. The number of rotatable bonds is 5. The van der Waals surface area contributed by atoms with Gasteiger partial charge in [-0.3, -0.25) is 4.79 Å². The van der Waals surface area contributed by atoms with Crippen LogP contribution in [0.5, 0.6) is 0 Å². The first-order chi connectivity index (χ1) is 10.2. The van der Waals surface area contributed by atoms with Gasteiger partial charge >= 0.3 is 0 Å². The Morgan fingerprint density at radius 1 is 0.905 bits per heavy atom. The Kier molecular flexibility index (Phi) is 5.10. The van der Waals surface area contributed by atoms with E-state index in [1.165, 1.54) is 22.3 Å². The molecule has 0 amide bonds. The van der Waals surface area contributed by atoms with Gasteiger partial charge in [0.25, 0.3) is 0 Å². The summed E-state index contributed by atoms with van der Waals surface area (Å²) in [5.41, 5.74) is 6.25. The van der Waals surface area contributed by atoms with Crippen LogP contribution in [0.2, 0.25) is 0 Å². The van der Waals surface area contributed by atoms with E-state index in [2.05, 4.69) is 56.3 Å². The Balaban J connectivity index is 2.65. The molecule has 0 aliphatic carbocycles. The lowest BCUT2D eigenvalue weighted by Gasteiger charge is -2.14. The highest BCUT2D eigenvalue weighted by Crippen LogP contribution is 2.30. The highest BCUT2D eigenvalue weighted by molar-refractivity contribution is 5.93. The van der Waals surface area contributed by atoms with E-state index >= 15 is 0 Å². The first-order valence-corrected chi connectivity index (χ1v) is 7.56. The van der Waals surface area contributed by atoms with E-state index in [9.17, 15) is 4.79 Å². The van der Waals surface area contributed by atoms with Gasteiger partial charge in [0.05, 0.1) is 0 Å². The minimum atomic E-state index is 0.0793. The summed E-state index contributed by atoms with van der Waals surface area (Å²) in [6.45, 7) is 5.91. The van der Waals surface area contributed by atoms with Crippen LogP contribution < -0.4 is 0 Å². The van der Waals surface area contributed by atoms with E-state index in [0.717, 1.165) is 18.4 Å². The van der Waals surface area contributed by atoms with Gasteiger partial charge < -0.3 is 0 Å². The minimum Gasteiger partial charge on any atom is -0.295 e.